The highest BCUT2D eigenvalue weighted by molar-refractivity contribution is 5.75. The Labute approximate surface area is 134 Å². The highest BCUT2D eigenvalue weighted by Gasteiger charge is 2.15. The van der Waals surface area contributed by atoms with Crippen LogP contribution < -0.4 is 10.6 Å². The fraction of sp³-hybridized carbons (Fsp3) is 0.278. The Morgan fingerprint density at radius 3 is 2.26 bits per heavy atom. The van der Waals surface area contributed by atoms with Gasteiger partial charge in [0.1, 0.15) is 0 Å². The smallest absolute Gasteiger partial charge is 0.315 e. The average Bonchev–Trinajstić information content (AvgIpc) is 2.50. The second-order valence-corrected chi connectivity index (χ2v) is 5.59. The number of carbonyl (C=O) groups is 1. The fourth-order valence-electron chi connectivity index (χ4n) is 2.45. The molecule has 0 aliphatic heterocycles. The molecule has 0 aliphatic carbocycles. The third kappa shape index (κ3) is 4.28. The van der Waals surface area contributed by atoms with Crippen LogP contribution in [0.5, 0.6) is 0 Å². The average molecular weight is 318 g/mol. The van der Waals surface area contributed by atoms with Crippen molar-refractivity contribution in [1.82, 2.24) is 10.6 Å². The molecule has 122 valence electrons. The van der Waals surface area contributed by atoms with Gasteiger partial charge in [-0.25, -0.2) is 13.6 Å². The van der Waals surface area contributed by atoms with Crippen molar-refractivity contribution in [2.75, 3.05) is 0 Å². The van der Waals surface area contributed by atoms with Gasteiger partial charge in [-0.05, 0) is 49.6 Å². The summed E-state index contributed by atoms with van der Waals surface area (Å²) in [5.74, 6) is -1.83. The van der Waals surface area contributed by atoms with Crippen LogP contribution in [0.3, 0.4) is 0 Å². The molecule has 3 nitrogen and oxygen atoms in total. The van der Waals surface area contributed by atoms with Gasteiger partial charge in [0.2, 0.25) is 0 Å². The first-order valence-electron chi connectivity index (χ1n) is 7.46. The predicted molar refractivity (Wildman–Crippen MR) is 86.0 cm³/mol. The van der Waals surface area contributed by atoms with Gasteiger partial charge in [0.15, 0.2) is 11.6 Å². The van der Waals surface area contributed by atoms with Gasteiger partial charge in [0.25, 0.3) is 0 Å². The van der Waals surface area contributed by atoms with Gasteiger partial charge in [-0.15, -0.1) is 0 Å². The van der Waals surface area contributed by atoms with E-state index in [4.69, 9.17) is 0 Å². The van der Waals surface area contributed by atoms with Crippen molar-refractivity contribution in [3.05, 3.63) is 70.8 Å². The van der Waals surface area contributed by atoms with Gasteiger partial charge in [0, 0.05) is 0 Å². The standard InChI is InChI=1S/C18H20F2N2O/c1-11-6-4-5-7-15(11)13(3)22-18(23)21-12(2)14-8-9-16(19)17(20)10-14/h4-10,12-13H,1-3H3,(H2,21,22,23)/t12-,13-/m1/s1. The zero-order chi connectivity index (χ0) is 17.0. The molecule has 0 saturated heterocycles. The van der Waals surface area contributed by atoms with Gasteiger partial charge in [0.05, 0.1) is 12.1 Å². The van der Waals surface area contributed by atoms with Gasteiger partial charge in [-0.1, -0.05) is 30.3 Å². The number of carbonyl (C=O) groups excluding carboxylic acids is 1. The number of urea groups is 1. The van der Waals surface area contributed by atoms with E-state index < -0.39 is 17.7 Å². The molecule has 0 aromatic heterocycles. The molecule has 0 radical (unpaired) electrons. The Hall–Kier alpha value is -2.43. The minimum atomic E-state index is -0.926. The van der Waals surface area contributed by atoms with E-state index in [1.165, 1.54) is 6.07 Å². The first-order valence-corrected chi connectivity index (χ1v) is 7.46. The zero-order valence-electron chi connectivity index (χ0n) is 13.4. The summed E-state index contributed by atoms with van der Waals surface area (Å²) >= 11 is 0. The summed E-state index contributed by atoms with van der Waals surface area (Å²) in [4.78, 5) is 12.1. The lowest BCUT2D eigenvalue weighted by Crippen LogP contribution is -2.38. The van der Waals surface area contributed by atoms with E-state index in [0.29, 0.717) is 5.56 Å². The molecule has 0 fully saturated rings. The molecule has 2 aromatic rings. The molecule has 2 atom stereocenters. The van der Waals surface area contributed by atoms with Crippen LogP contribution in [0, 0.1) is 18.6 Å². The van der Waals surface area contributed by atoms with Crippen molar-refractivity contribution in [2.45, 2.75) is 32.9 Å². The van der Waals surface area contributed by atoms with Gasteiger partial charge >= 0.3 is 6.03 Å². The maximum absolute atomic E-state index is 13.2. The largest absolute Gasteiger partial charge is 0.332 e. The molecule has 2 aromatic carbocycles. The van der Waals surface area contributed by atoms with Gasteiger partial charge < -0.3 is 10.6 Å². The quantitative estimate of drug-likeness (QED) is 0.862. The SMILES string of the molecule is Cc1ccccc1[C@@H](C)NC(=O)N[C@H](C)c1ccc(F)c(F)c1. The molecular formula is C18H20F2N2O. The molecule has 0 aliphatic rings. The molecule has 0 saturated carbocycles. The molecule has 2 rings (SSSR count). The Morgan fingerprint density at radius 1 is 0.957 bits per heavy atom. The van der Waals surface area contributed by atoms with Crippen molar-refractivity contribution in [3.8, 4) is 0 Å². The molecule has 23 heavy (non-hydrogen) atoms. The van der Waals surface area contributed by atoms with Crippen LogP contribution in [0.4, 0.5) is 13.6 Å². The minimum Gasteiger partial charge on any atom is -0.332 e. The van der Waals surface area contributed by atoms with E-state index in [1.807, 2.05) is 38.1 Å². The van der Waals surface area contributed by atoms with Gasteiger partial charge in [-0.2, -0.15) is 0 Å². The number of halogens is 2. The van der Waals surface area contributed by atoms with E-state index >= 15 is 0 Å². The van der Waals surface area contributed by atoms with Crippen molar-refractivity contribution in [2.24, 2.45) is 0 Å². The number of aryl methyl sites for hydroxylation is 1. The Bertz CT molecular complexity index is 703. The molecule has 5 heteroatoms. The van der Waals surface area contributed by atoms with Crippen LogP contribution in [0.25, 0.3) is 0 Å². The summed E-state index contributed by atoms with van der Waals surface area (Å²) in [6.07, 6.45) is 0. The maximum atomic E-state index is 13.2. The van der Waals surface area contributed by atoms with Crippen LogP contribution in [0.1, 0.15) is 42.6 Å². The molecule has 2 N–H and O–H groups in total. The van der Waals surface area contributed by atoms with Crippen LogP contribution in [-0.4, -0.2) is 6.03 Å². The second-order valence-electron chi connectivity index (χ2n) is 5.59. The van der Waals surface area contributed by atoms with E-state index in [1.54, 1.807) is 6.92 Å². The topological polar surface area (TPSA) is 41.1 Å². The lowest BCUT2D eigenvalue weighted by atomic mass is 10.0. The first kappa shape index (κ1) is 16.9. The molecular weight excluding hydrogens is 298 g/mol. The summed E-state index contributed by atoms with van der Waals surface area (Å²) in [5.41, 5.74) is 2.62. The number of nitrogens with one attached hydrogen (secondary N) is 2. The van der Waals surface area contributed by atoms with Crippen molar-refractivity contribution >= 4 is 6.03 Å². The first-order chi connectivity index (χ1) is 10.9. The molecule has 0 bridgehead atoms. The minimum absolute atomic E-state index is 0.159. The van der Waals surface area contributed by atoms with Crippen LogP contribution in [0.2, 0.25) is 0 Å². The van der Waals surface area contributed by atoms with Crippen molar-refractivity contribution in [3.63, 3.8) is 0 Å². The van der Waals surface area contributed by atoms with Crippen LogP contribution >= 0.6 is 0 Å². The van der Waals surface area contributed by atoms with E-state index in [-0.39, 0.29) is 12.1 Å². The van der Waals surface area contributed by atoms with E-state index in [2.05, 4.69) is 10.6 Å². The lowest BCUT2D eigenvalue weighted by Gasteiger charge is -2.20. The lowest BCUT2D eigenvalue weighted by molar-refractivity contribution is 0.235. The molecule has 0 heterocycles. The third-order valence-electron chi connectivity index (χ3n) is 3.79. The Balaban J connectivity index is 1.98. The zero-order valence-corrected chi connectivity index (χ0v) is 13.4. The van der Waals surface area contributed by atoms with E-state index in [0.717, 1.165) is 23.3 Å². The van der Waals surface area contributed by atoms with Crippen molar-refractivity contribution in [1.29, 1.82) is 0 Å². The highest BCUT2D eigenvalue weighted by Crippen LogP contribution is 2.18. The molecule has 0 spiro atoms. The summed E-state index contributed by atoms with van der Waals surface area (Å²) < 4.78 is 26.2. The number of hydrogen-bond donors (Lipinski definition) is 2. The number of amides is 2. The normalized spacial score (nSPS) is 13.3. The summed E-state index contributed by atoms with van der Waals surface area (Å²) in [6.45, 7) is 5.59. The monoisotopic (exact) mass is 318 g/mol. The predicted octanol–water partition coefficient (Wildman–Crippen LogP) is 4.39. The fourth-order valence-corrected chi connectivity index (χ4v) is 2.45. The van der Waals surface area contributed by atoms with Gasteiger partial charge in [-0.3, -0.25) is 0 Å². The summed E-state index contributed by atoms with van der Waals surface area (Å²) in [6, 6.07) is 10.4. The number of hydrogen-bond acceptors (Lipinski definition) is 1. The number of benzene rings is 2. The highest BCUT2D eigenvalue weighted by atomic mass is 19.2. The Morgan fingerprint density at radius 2 is 1.61 bits per heavy atom. The third-order valence-corrected chi connectivity index (χ3v) is 3.79. The molecule has 2 amide bonds. The summed E-state index contributed by atoms with van der Waals surface area (Å²) in [5, 5.41) is 5.57. The van der Waals surface area contributed by atoms with Crippen molar-refractivity contribution < 1.29 is 13.6 Å². The van der Waals surface area contributed by atoms with E-state index in [9.17, 15) is 13.6 Å². The maximum Gasteiger partial charge on any atom is 0.315 e. The second kappa shape index (κ2) is 7.22. The molecule has 0 unspecified atom stereocenters. The van der Waals surface area contributed by atoms with Crippen LogP contribution in [0.15, 0.2) is 42.5 Å². The van der Waals surface area contributed by atoms with Crippen LogP contribution in [-0.2, 0) is 0 Å². The Kier molecular flexibility index (Phi) is 5.32. The summed E-state index contributed by atoms with van der Waals surface area (Å²) in [7, 11) is 0. The number of rotatable bonds is 4.